The fraction of sp³-hybridized carbons (Fsp3) is 0.323. The van der Waals surface area contributed by atoms with Crippen molar-refractivity contribution in [3.63, 3.8) is 0 Å². The molecule has 1 aliphatic carbocycles. The van der Waals surface area contributed by atoms with E-state index in [0.717, 1.165) is 35.1 Å². The highest BCUT2D eigenvalue weighted by molar-refractivity contribution is 6.30. The van der Waals surface area contributed by atoms with E-state index in [0.29, 0.717) is 29.4 Å². The Morgan fingerprint density at radius 1 is 0.975 bits per heavy atom. The van der Waals surface area contributed by atoms with Gasteiger partial charge in [0.15, 0.2) is 0 Å². The molecule has 0 unspecified atom stereocenters. The number of rotatable bonds is 12. The summed E-state index contributed by atoms with van der Waals surface area (Å²) in [5, 5.41) is 17.4. The van der Waals surface area contributed by atoms with E-state index in [-0.39, 0.29) is 18.9 Å². The molecule has 2 N–H and O–H groups in total. The van der Waals surface area contributed by atoms with Gasteiger partial charge in [-0.25, -0.2) is 4.79 Å². The molecule has 1 aliphatic rings. The van der Waals surface area contributed by atoms with Crippen LogP contribution in [0.1, 0.15) is 36.8 Å². The van der Waals surface area contributed by atoms with E-state index in [1.165, 1.54) is 6.21 Å². The molecule has 0 bridgehead atoms. The lowest BCUT2D eigenvalue weighted by Gasteiger charge is -2.25. The summed E-state index contributed by atoms with van der Waals surface area (Å²) in [6.45, 7) is 0.236. The molecule has 0 saturated heterocycles. The molecular formula is C31H33ClN2O6. The summed E-state index contributed by atoms with van der Waals surface area (Å²) in [7, 11) is 3.20. The fourth-order valence-electron chi connectivity index (χ4n) is 4.93. The number of carboxylic acids is 1. The highest BCUT2D eigenvalue weighted by Crippen LogP contribution is 2.39. The van der Waals surface area contributed by atoms with Gasteiger partial charge < -0.3 is 24.7 Å². The maximum absolute atomic E-state index is 13.4. The molecule has 0 spiro atoms. The van der Waals surface area contributed by atoms with E-state index in [1.807, 2.05) is 54.6 Å². The number of carboxylic acid groups (broad SMARTS) is 1. The van der Waals surface area contributed by atoms with E-state index in [4.69, 9.17) is 25.9 Å². The minimum absolute atomic E-state index is 0.130. The monoisotopic (exact) mass is 564 g/mol. The molecule has 3 aromatic rings. The van der Waals surface area contributed by atoms with Gasteiger partial charge >= 0.3 is 5.97 Å². The minimum Gasteiger partial charge on any atom is -0.496 e. The second-order valence-electron chi connectivity index (χ2n) is 9.80. The van der Waals surface area contributed by atoms with E-state index in [1.54, 1.807) is 26.4 Å². The second-order valence-corrected chi connectivity index (χ2v) is 10.2. The zero-order valence-electron chi connectivity index (χ0n) is 22.6. The fourth-order valence-corrected chi connectivity index (χ4v) is 5.06. The number of oxime groups is 1. The molecule has 1 amide bonds. The summed E-state index contributed by atoms with van der Waals surface area (Å²) in [5.41, 5.74) is 2.44. The lowest BCUT2D eigenvalue weighted by Crippen LogP contribution is -2.49. The van der Waals surface area contributed by atoms with Crippen LogP contribution in [-0.4, -0.2) is 43.5 Å². The van der Waals surface area contributed by atoms with Crippen molar-refractivity contribution >= 4 is 29.7 Å². The topological polar surface area (TPSA) is 106 Å². The number of ether oxygens (including phenoxy) is 2. The van der Waals surface area contributed by atoms with E-state index < -0.39 is 17.4 Å². The number of carbonyl (C=O) groups is 2. The third-order valence-corrected chi connectivity index (χ3v) is 7.43. The first kappa shape index (κ1) is 29.0. The van der Waals surface area contributed by atoms with Gasteiger partial charge in [0.05, 0.1) is 31.4 Å². The van der Waals surface area contributed by atoms with Gasteiger partial charge in [-0.15, -0.1) is 0 Å². The largest absolute Gasteiger partial charge is 0.496 e. The van der Waals surface area contributed by atoms with Crippen LogP contribution in [0.2, 0.25) is 5.02 Å². The maximum atomic E-state index is 13.4. The van der Waals surface area contributed by atoms with Crippen molar-refractivity contribution in [3.8, 4) is 22.6 Å². The average molecular weight is 565 g/mol. The predicted octanol–water partition coefficient (Wildman–Crippen LogP) is 5.90. The van der Waals surface area contributed by atoms with Crippen molar-refractivity contribution in [1.82, 2.24) is 5.32 Å². The first-order chi connectivity index (χ1) is 19.3. The zero-order chi connectivity index (χ0) is 28.5. The number of hydrogen-bond acceptors (Lipinski definition) is 6. The smallest absolute Gasteiger partial charge is 0.326 e. The highest BCUT2D eigenvalue weighted by atomic mass is 35.5. The summed E-state index contributed by atoms with van der Waals surface area (Å²) < 4.78 is 11.0. The highest BCUT2D eigenvalue weighted by Gasteiger charge is 2.41. The summed E-state index contributed by atoms with van der Waals surface area (Å²) in [4.78, 5) is 31.0. The number of nitrogens with one attached hydrogen (secondary N) is 1. The zero-order valence-corrected chi connectivity index (χ0v) is 23.3. The number of nitrogens with zero attached hydrogens (tertiary/aromatic N) is 1. The number of halogens is 1. The van der Waals surface area contributed by atoms with Crippen LogP contribution in [0.5, 0.6) is 11.5 Å². The molecule has 0 heterocycles. The molecule has 210 valence electrons. The SMILES string of the molecule is COc1cccc(OC)c1-c1ccc(C[C@H](NC(=O)C2(C=NOCc3ccc(Cl)cc3)CCCC2)C(=O)O)cc1. The van der Waals surface area contributed by atoms with E-state index >= 15 is 0 Å². The molecule has 1 saturated carbocycles. The molecule has 1 atom stereocenters. The van der Waals surface area contributed by atoms with Crippen molar-refractivity contribution < 1.29 is 29.0 Å². The van der Waals surface area contributed by atoms with Crippen LogP contribution in [0.25, 0.3) is 11.1 Å². The molecular weight excluding hydrogens is 532 g/mol. The number of methoxy groups -OCH3 is 2. The number of benzene rings is 3. The van der Waals surface area contributed by atoms with Crippen molar-refractivity contribution in [1.29, 1.82) is 0 Å². The van der Waals surface area contributed by atoms with Crippen LogP contribution >= 0.6 is 11.6 Å². The molecule has 4 rings (SSSR count). The van der Waals surface area contributed by atoms with Gasteiger partial charge in [0.25, 0.3) is 0 Å². The van der Waals surface area contributed by atoms with Gasteiger partial charge in [0.2, 0.25) is 5.91 Å². The van der Waals surface area contributed by atoms with Crippen molar-refractivity contribution in [2.45, 2.75) is 44.8 Å². The van der Waals surface area contributed by atoms with Crippen LogP contribution < -0.4 is 14.8 Å². The van der Waals surface area contributed by atoms with Gasteiger partial charge in [-0.3, -0.25) is 4.79 Å². The number of amides is 1. The Morgan fingerprint density at radius 2 is 1.57 bits per heavy atom. The third-order valence-electron chi connectivity index (χ3n) is 7.18. The predicted molar refractivity (Wildman–Crippen MR) is 154 cm³/mol. The molecule has 40 heavy (non-hydrogen) atoms. The van der Waals surface area contributed by atoms with Crippen LogP contribution in [0, 0.1) is 5.41 Å². The summed E-state index contributed by atoms with van der Waals surface area (Å²) in [6.07, 6.45) is 4.51. The Kier molecular flexibility index (Phi) is 9.66. The van der Waals surface area contributed by atoms with Gasteiger partial charge in [-0.1, -0.05) is 72.1 Å². The van der Waals surface area contributed by atoms with Gasteiger partial charge in [0.1, 0.15) is 24.1 Å². The Morgan fingerprint density at radius 3 is 2.15 bits per heavy atom. The van der Waals surface area contributed by atoms with Crippen LogP contribution in [0.4, 0.5) is 0 Å². The van der Waals surface area contributed by atoms with E-state index in [2.05, 4.69) is 10.5 Å². The quantitative estimate of drug-likeness (QED) is 0.209. The lowest BCUT2D eigenvalue weighted by molar-refractivity contribution is -0.142. The van der Waals surface area contributed by atoms with Crippen LogP contribution in [0.3, 0.4) is 0 Å². The Hall–Kier alpha value is -4.04. The normalized spacial score (nSPS) is 15.0. The molecule has 3 aromatic carbocycles. The van der Waals surface area contributed by atoms with Gasteiger partial charge in [-0.05, 0) is 53.8 Å². The molecule has 8 nitrogen and oxygen atoms in total. The molecule has 0 radical (unpaired) electrons. The summed E-state index contributed by atoms with van der Waals surface area (Å²) in [5.74, 6) is -0.119. The first-order valence-electron chi connectivity index (χ1n) is 13.1. The van der Waals surface area contributed by atoms with Crippen molar-refractivity contribution in [3.05, 3.63) is 82.9 Å². The van der Waals surface area contributed by atoms with Crippen molar-refractivity contribution in [2.75, 3.05) is 14.2 Å². The molecule has 1 fully saturated rings. The van der Waals surface area contributed by atoms with Gasteiger partial charge in [-0.2, -0.15) is 0 Å². The Bertz CT molecular complexity index is 1310. The van der Waals surface area contributed by atoms with Crippen LogP contribution in [-0.2, 0) is 27.5 Å². The first-order valence-corrected chi connectivity index (χ1v) is 13.5. The number of carbonyl (C=O) groups excluding carboxylic acids is 1. The van der Waals surface area contributed by atoms with Gasteiger partial charge in [0, 0.05) is 11.4 Å². The number of aliphatic carboxylic acids is 1. The van der Waals surface area contributed by atoms with Crippen LogP contribution in [0.15, 0.2) is 71.9 Å². The molecule has 9 heteroatoms. The standard InChI is InChI=1S/C31H33ClN2O6/c1-38-26-6-5-7-27(39-2)28(26)23-12-8-21(9-13-23)18-25(29(35)36)34-30(37)31(16-3-4-17-31)20-33-40-19-22-10-14-24(32)15-11-22/h5-15,20,25H,3-4,16-19H2,1-2H3,(H,34,37)(H,35,36)/t25-/m0/s1. The lowest BCUT2D eigenvalue weighted by atomic mass is 9.86. The molecule has 0 aliphatic heterocycles. The summed E-state index contributed by atoms with van der Waals surface area (Å²) in [6, 6.07) is 19.2. The maximum Gasteiger partial charge on any atom is 0.326 e. The molecule has 0 aromatic heterocycles. The Balaban J connectivity index is 1.43. The summed E-state index contributed by atoms with van der Waals surface area (Å²) >= 11 is 5.92. The minimum atomic E-state index is -1.10. The average Bonchev–Trinajstić information content (AvgIpc) is 3.46. The van der Waals surface area contributed by atoms with Crippen molar-refractivity contribution in [2.24, 2.45) is 10.6 Å². The van der Waals surface area contributed by atoms with E-state index in [9.17, 15) is 14.7 Å². The Labute approximate surface area is 238 Å². The second kappa shape index (κ2) is 13.3. The number of hydrogen-bond donors (Lipinski definition) is 2. The third kappa shape index (κ3) is 6.93.